The van der Waals surface area contributed by atoms with Gasteiger partial charge in [0, 0.05) is 36.5 Å². The maximum absolute atomic E-state index is 11.8. The average molecular weight is 218 g/mol. The number of ketones is 1. The zero-order valence-corrected chi connectivity index (χ0v) is 9.97. The highest BCUT2D eigenvalue weighted by Gasteiger charge is 2.33. The summed E-state index contributed by atoms with van der Waals surface area (Å²) in [5.41, 5.74) is 4.81. The van der Waals surface area contributed by atoms with Crippen molar-refractivity contribution >= 4 is 5.78 Å². The van der Waals surface area contributed by atoms with Crippen molar-refractivity contribution in [3.63, 3.8) is 0 Å². The Hall–Kier alpha value is -1.09. The number of rotatable bonds is 2. The Morgan fingerprint density at radius 3 is 2.81 bits per heavy atom. The van der Waals surface area contributed by atoms with E-state index in [9.17, 15) is 4.79 Å². The smallest absolute Gasteiger partial charge is 0.161 e. The van der Waals surface area contributed by atoms with Crippen LogP contribution >= 0.6 is 0 Å². The van der Waals surface area contributed by atoms with E-state index >= 15 is 0 Å². The number of Topliss-reactive ketones (excluding diaryl/α,β-unsaturated/α-hetero) is 1. The van der Waals surface area contributed by atoms with Crippen LogP contribution < -0.4 is 0 Å². The monoisotopic (exact) mass is 218 g/mol. The minimum absolute atomic E-state index is 0.231. The largest absolute Gasteiger partial charge is 0.361 e. The van der Waals surface area contributed by atoms with Crippen molar-refractivity contribution in [3.8, 4) is 0 Å². The predicted octanol–water partition coefficient (Wildman–Crippen LogP) is 2.08. The summed E-state index contributed by atoms with van der Waals surface area (Å²) in [7, 11) is 2.12. The van der Waals surface area contributed by atoms with Crippen molar-refractivity contribution in [3.05, 3.63) is 22.5 Å². The Balaban J connectivity index is 2.10. The van der Waals surface area contributed by atoms with Gasteiger partial charge in [-0.3, -0.25) is 4.79 Å². The minimum Gasteiger partial charge on any atom is -0.361 e. The molecule has 1 saturated carbocycles. The molecule has 2 aliphatic rings. The number of nitrogens with one attached hydrogen (secondary N) is 1. The minimum atomic E-state index is 0.231. The third-order valence-electron chi connectivity index (χ3n) is 3.73. The van der Waals surface area contributed by atoms with Crippen LogP contribution in [0.1, 0.15) is 53.0 Å². The van der Waals surface area contributed by atoms with Gasteiger partial charge in [0.25, 0.3) is 0 Å². The van der Waals surface area contributed by atoms with E-state index in [1.807, 2.05) is 0 Å². The van der Waals surface area contributed by atoms with Crippen molar-refractivity contribution in [2.45, 2.75) is 38.6 Å². The number of likely N-dealkylation sites (N-methyl/N-ethyl adjacent to an activating group) is 1. The van der Waals surface area contributed by atoms with E-state index in [-0.39, 0.29) is 5.78 Å². The van der Waals surface area contributed by atoms with E-state index in [0.717, 1.165) is 25.1 Å². The molecule has 0 atom stereocenters. The molecule has 16 heavy (non-hydrogen) atoms. The molecule has 1 fully saturated rings. The van der Waals surface area contributed by atoms with E-state index in [0.29, 0.717) is 5.92 Å². The molecule has 0 bridgehead atoms. The number of nitrogens with zero attached hydrogens (tertiary/aromatic N) is 1. The molecule has 3 nitrogen and oxygen atoms in total. The molecule has 1 N–H and O–H groups in total. The van der Waals surface area contributed by atoms with Gasteiger partial charge in [-0.25, -0.2) is 0 Å². The zero-order chi connectivity index (χ0) is 11.3. The van der Waals surface area contributed by atoms with E-state index in [4.69, 9.17) is 0 Å². The second-order valence-corrected chi connectivity index (χ2v) is 5.19. The molecule has 1 aliphatic carbocycles. The van der Waals surface area contributed by atoms with Crippen molar-refractivity contribution in [2.24, 2.45) is 0 Å². The highest BCUT2D eigenvalue weighted by atomic mass is 16.1. The second-order valence-electron chi connectivity index (χ2n) is 5.19. The highest BCUT2D eigenvalue weighted by Crippen LogP contribution is 2.43. The van der Waals surface area contributed by atoms with Gasteiger partial charge in [-0.15, -0.1) is 0 Å². The molecule has 1 aromatic heterocycles. The van der Waals surface area contributed by atoms with Crippen molar-refractivity contribution in [1.29, 1.82) is 0 Å². The first-order valence-electron chi connectivity index (χ1n) is 6.10. The number of carbonyl (C=O) groups excluding carboxylic acids is 1. The van der Waals surface area contributed by atoms with Crippen LogP contribution in [-0.2, 0) is 13.0 Å². The van der Waals surface area contributed by atoms with Crippen LogP contribution in [0.2, 0.25) is 0 Å². The number of hydrogen-bond acceptors (Lipinski definition) is 2. The molecule has 0 unspecified atom stereocenters. The van der Waals surface area contributed by atoms with Crippen LogP contribution in [0.4, 0.5) is 0 Å². The predicted molar refractivity (Wildman–Crippen MR) is 62.8 cm³/mol. The van der Waals surface area contributed by atoms with Gasteiger partial charge in [0.05, 0.1) is 0 Å². The number of aromatic nitrogens is 1. The third-order valence-corrected chi connectivity index (χ3v) is 3.73. The molecule has 0 aromatic carbocycles. The molecule has 3 heteroatoms. The second kappa shape index (κ2) is 3.45. The number of fused-ring (bicyclic) bond motifs is 1. The number of H-pyrrole nitrogens is 1. The van der Waals surface area contributed by atoms with Gasteiger partial charge in [0.15, 0.2) is 5.78 Å². The SMILES string of the molecule is CC(=O)c1c(C2CC2)[nH]c2c1CN(C)CC2. The van der Waals surface area contributed by atoms with Gasteiger partial charge in [0.1, 0.15) is 0 Å². The Kier molecular flexibility index (Phi) is 2.18. The summed E-state index contributed by atoms with van der Waals surface area (Å²) in [6, 6.07) is 0. The summed E-state index contributed by atoms with van der Waals surface area (Å²) in [4.78, 5) is 17.6. The van der Waals surface area contributed by atoms with Gasteiger partial charge < -0.3 is 9.88 Å². The summed E-state index contributed by atoms with van der Waals surface area (Å²) in [5.74, 6) is 0.865. The molecule has 2 heterocycles. The van der Waals surface area contributed by atoms with Gasteiger partial charge in [0.2, 0.25) is 0 Å². The maximum Gasteiger partial charge on any atom is 0.161 e. The Labute approximate surface area is 95.8 Å². The molecule has 0 saturated heterocycles. The van der Waals surface area contributed by atoms with Crippen LogP contribution in [0.5, 0.6) is 0 Å². The van der Waals surface area contributed by atoms with E-state index in [1.165, 1.54) is 29.8 Å². The maximum atomic E-state index is 11.8. The van der Waals surface area contributed by atoms with Gasteiger partial charge in [-0.2, -0.15) is 0 Å². The highest BCUT2D eigenvalue weighted by molar-refractivity contribution is 5.97. The first-order chi connectivity index (χ1) is 7.66. The molecular formula is C13H18N2O. The summed E-state index contributed by atoms with van der Waals surface area (Å²) < 4.78 is 0. The topological polar surface area (TPSA) is 36.1 Å². The number of carbonyl (C=O) groups is 1. The molecule has 1 aliphatic heterocycles. The average Bonchev–Trinajstić information content (AvgIpc) is 2.99. The van der Waals surface area contributed by atoms with Crippen LogP contribution in [-0.4, -0.2) is 29.3 Å². The fourth-order valence-corrected chi connectivity index (χ4v) is 2.73. The lowest BCUT2D eigenvalue weighted by Gasteiger charge is -2.22. The Morgan fingerprint density at radius 1 is 1.44 bits per heavy atom. The van der Waals surface area contributed by atoms with Gasteiger partial charge in [-0.1, -0.05) is 0 Å². The lowest BCUT2D eigenvalue weighted by Crippen LogP contribution is -2.26. The normalized spacial score (nSPS) is 20.9. The summed E-state index contributed by atoms with van der Waals surface area (Å²) in [5, 5.41) is 0. The first-order valence-corrected chi connectivity index (χ1v) is 6.10. The summed E-state index contributed by atoms with van der Waals surface area (Å²) >= 11 is 0. The van der Waals surface area contributed by atoms with E-state index in [2.05, 4.69) is 16.9 Å². The molecule has 0 radical (unpaired) electrons. The zero-order valence-electron chi connectivity index (χ0n) is 9.97. The molecule has 1 aromatic rings. The first kappa shape index (κ1) is 10.1. The lowest BCUT2D eigenvalue weighted by atomic mass is 9.99. The van der Waals surface area contributed by atoms with E-state index < -0.39 is 0 Å². The standard InChI is InChI=1S/C13H18N2O/c1-8(16)12-10-7-15(2)6-5-11(10)14-13(12)9-3-4-9/h9,14H,3-7H2,1-2H3. The Bertz CT molecular complexity index is 443. The van der Waals surface area contributed by atoms with E-state index in [1.54, 1.807) is 6.92 Å². The van der Waals surface area contributed by atoms with Gasteiger partial charge >= 0.3 is 0 Å². The lowest BCUT2D eigenvalue weighted by molar-refractivity contribution is 0.101. The third kappa shape index (κ3) is 1.50. The van der Waals surface area contributed by atoms with Crippen LogP contribution in [0.25, 0.3) is 0 Å². The van der Waals surface area contributed by atoms with Crippen LogP contribution in [0.15, 0.2) is 0 Å². The number of hydrogen-bond donors (Lipinski definition) is 1. The van der Waals surface area contributed by atoms with Gasteiger partial charge in [-0.05, 0) is 38.3 Å². The molecule has 0 spiro atoms. The molecule has 0 amide bonds. The Morgan fingerprint density at radius 2 is 2.19 bits per heavy atom. The van der Waals surface area contributed by atoms with Crippen molar-refractivity contribution in [1.82, 2.24) is 9.88 Å². The summed E-state index contributed by atoms with van der Waals surface area (Å²) in [6.07, 6.45) is 3.55. The molecular weight excluding hydrogens is 200 g/mol. The van der Waals surface area contributed by atoms with Crippen LogP contribution in [0.3, 0.4) is 0 Å². The number of aromatic amines is 1. The van der Waals surface area contributed by atoms with Crippen molar-refractivity contribution in [2.75, 3.05) is 13.6 Å². The fourth-order valence-electron chi connectivity index (χ4n) is 2.73. The van der Waals surface area contributed by atoms with Crippen LogP contribution in [0, 0.1) is 0 Å². The fraction of sp³-hybridized carbons (Fsp3) is 0.615. The molecule has 3 rings (SSSR count). The van der Waals surface area contributed by atoms with Crippen molar-refractivity contribution < 1.29 is 4.79 Å². The summed E-state index contributed by atoms with van der Waals surface area (Å²) in [6.45, 7) is 3.71. The molecule has 86 valence electrons. The quantitative estimate of drug-likeness (QED) is 0.771.